The molecule has 0 saturated carbocycles. The third-order valence-corrected chi connectivity index (χ3v) is 5.28. The van der Waals surface area contributed by atoms with Crippen molar-refractivity contribution in [1.29, 1.82) is 5.26 Å². The van der Waals surface area contributed by atoms with Crippen molar-refractivity contribution in [2.24, 2.45) is 0 Å². The molecule has 1 saturated heterocycles. The lowest BCUT2D eigenvalue weighted by atomic mass is 9.91. The zero-order valence-corrected chi connectivity index (χ0v) is 15.0. The maximum atomic E-state index is 13.0. The van der Waals surface area contributed by atoms with Gasteiger partial charge in [0.25, 0.3) is 11.5 Å². The van der Waals surface area contributed by atoms with Gasteiger partial charge in [0.2, 0.25) is 0 Å². The molecule has 0 aliphatic carbocycles. The minimum atomic E-state index is -1.29. The lowest BCUT2D eigenvalue weighted by Crippen LogP contribution is -2.40. The molecule has 1 atom stereocenters. The fourth-order valence-electron chi connectivity index (χ4n) is 3.07. The van der Waals surface area contributed by atoms with Gasteiger partial charge in [-0.2, -0.15) is 5.26 Å². The first kappa shape index (κ1) is 16.9. The maximum absolute atomic E-state index is 13.0. The highest BCUT2D eigenvalue weighted by Gasteiger charge is 2.49. The van der Waals surface area contributed by atoms with Crippen LogP contribution in [-0.4, -0.2) is 26.2 Å². The Morgan fingerprint density at radius 1 is 1.30 bits per heavy atom. The molecule has 1 aliphatic heterocycles. The molecule has 1 aromatic carbocycles. The van der Waals surface area contributed by atoms with Gasteiger partial charge in [0.05, 0.1) is 23.9 Å². The zero-order chi connectivity index (χ0) is 19.2. The molecule has 1 fully saturated rings. The van der Waals surface area contributed by atoms with E-state index in [0.29, 0.717) is 21.8 Å². The summed E-state index contributed by atoms with van der Waals surface area (Å²) in [6, 6.07) is 9.31. The molecule has 0 bridgehead atoms. The van der Waals surface area contributed by atoms with Crippen LogP contribution in [0.25, 0.3) is 4.96 Å². The number of carbonyl (C=O) groups is 2. The molecule has 0 unspecified atom stereocenters. The third kappa shape index (κ3) is 2.67. The van der Waals surface area contributed by atoms with Crippen molar-refractivity contribution in [3.63, 3.8) is 0 Å². The van der Waals surface area contributed by atoms with E-state index >= 15 is 0 Å². The van der Waals surface area contributed by atoms with E-state index in [2.05, 4.69) is 10.3 Å². The van der Waals surface area contributed by atoms with Crippen LogP contribution < -0.4 is 10.9 Å². The number of thiazole rings is 1. The Labute approximate surface area is 157 Å². The lowest BCUT2D eigenvalue weighted by Gasteiger charge is -2.22. The zero-order valence-electron chi connectivity index (χ0n) is 14.2. The lowest BCUT2D eigenvalue weighted by molar-refractivity contribution is -0.131. The van der Waals surface area contributed by atoms with Crippen molar-refractivity contribution in [3.05, 3.63) is 69.1 Å². The summed E-state index contributed by atoms with van der Waals surface area (Å²) in [7, 11) is 0. The number of nitriles is 1. The van der Waals surface area contributed by atoms with E-state index in [9.17, 15) is 14.4 Å². The topological polar surface area (TPSA) is 108 Å². The van der Waals surface area contributed by atoms with Crippen LogP contribution in [0.2, 0.25) is 0 Å². The Bertz CT molecular complexity index is 1190. The van der Waals surface area contributed by atoms with Gasteiger partial charge in [-0.1, -0.05) is 12.1 Å². The van der Waals surface area contributed by atoms with Crippen LogP contribution >= 0.6 is 11.3 Å². The molecule has 1 aliphatic rings. The number of urea groups is 1. The SMILES string of the molecule is C[C@]1(c2cccc(C#N)c2)NC(=O)N(Cc2cc(=O)n3ccsc3n2)C1=O. The number of hydrogen-bond donors (Lipinski definition) is 1. The van der Waals surface area contributed by atoms with Crippen molar-refractivity contribution in [1.82, 2.24) is 19.6 Å². The second-order valence-corrected chi connectivity index (χ2v) is 7.15. The van der Waals surface area contributed by atoms with Crippen molar-refractivity contribution in [2.45, 2.75) is 19.0 Å². The fourth-order valence-corrected chi connectivity index (χ4v) is 3.81. The summed E-state index contributed by atoms with van der Waals surface area (Å²) < 4.78 is 1.40. The molecule has 3 aromatic rings. The van der Waals surface area contributed by atoms with Gasteiger partial charge in [-0.15, -0.1) is 11.3 Å². The van der Waals surface area contributed by atoms with Crippen LogP contribution in [0, 0.1) is 11.3 Å². The average Bonchev–Trinajstić information content (AvgIpc) is 3.21. The quantitative estimate of drug-likeness (QED) is 0.696. The summed E-state index contributed by atoms with van der Waals surface area (Å²) in [5.41, 5.74) is -0.309. The number of aromatic nitrogens is 2. The Morgan fingerprint density at radius 2 is 2.11 bits per heavy atom. The van der Waals surface area contributed by atoms with Crippen LogP contribution in [0.5, 0.6) is 0 Å². The van der Waals surface area contributed by atoms with Gasteiger partial charge < -0.3 is 5.32 Å². The number of carbonyl (C=O) groups excluding carboxylic acids is 2. The molecular formula is C18H13N5O3S. The number of fused-ring (bicyclic) bond motifs is 1. The van der Waals surface area contributed by atoms with Gasteiger partial charge in [-0.3, -0.25) is 18.9 Å². The Kier molecular flexibility index (Phi) is 3.78. The molecular weight excluding hydrogens is 366 g/mol. The van der Waals surface area contributed by atoms with Crippen LogP contribution in [0.15, 0.2) is 46.7 Å². The molecule has 134 valence electrons. The normalized spacial score (nSPS) is 19.3. The first-order chi connectivity index (χ1) is 12.9. The standard InChI is InChI=1S/C18H13N5O3S/c1-18(12-4-2-3-11(7-12)9-19)15(25)23(16(26)21-18)10-13-8-14(24)22-5-6-27-17(22)20-13/h2-8H,10H2,1H3,(H,21,26)/t18-/m1/s1. The Morgan fingerprint density at radius 3 is 2.89 bits per heavy atom. The van der Waals surface area contributed by atoms with Crippen LogP contribution in [-0.2, 0) is 16.9 Å². The molecule has 4 rings (SSSR count). The first-order valence-electron chi connectivity index (χ1n) is 8.03. The van der Waals surface area contributed by atoms with Crippen molar-refractivity contribution in [3.8, 4) is 6.07 Å². The number of hydrogen-bond acceptors (Lipinski definition) is 6. The molecule has 3 heterocycles. The number of nitrogens with one attached hydrogen (secondary N) is 1. The molecule has 1 N–H and O–H groups in total. The summed E-state index contributed by atoms with van der Waals surface area (Å²) in [5, 5.41) is 13.5. The number of imide groups is 1. The fraction of sp³-hybridized carbons (Fsp3) is 0.167. The Balaban J connectivity index is 1.68. The van der Waals surface area contributed by atoms with Crippen molar-refractivity contribution < 1.29 is 9.59 Å². The largest absolute Gasteiger partial charge is 0.325 e. The van der Waals surface area contributed by atoms with E-state index in [0.717, 1.165) is 4.90 Å². The first-order valence-corrected chi connectivity index (χ1v) is 8.91. The monoisotopic (exact) mass is 379 g/mol. The predicted molar refractivity (Wildman–Crippen MR) is 96.9 cm³/mol. The average molecular weight is 379 g/mol. The van der Waals surface area contributed by atoms with Gasteiger partial charge in [-0.05, 0) is 24.6 Å². The van der Waals surface area contributed by atoms with E-state index in [1.807, 2.05) is 6.07 Å². The summed E-state index contributed by atoms with van der Waals surface area (Å²) in [6.45, 7) is 1.48. The summed E-state index contributed by atoms with van der Waals surface area (Å²) in [4.78, 5) is 43.4. The molecule has 0 radical (unpaired) electrons. The second kappa shape index (κ2) is 6.03. The maximum Gasteiger partial charge on any atom is 0.325 e. The molecule has 2 aromatic heterocycles. The van der Waals surface area contributed by atoms with E-state index in [1.165, 1.54) is 21.8 Å². The molecule has 0 spiro atoms. The van der Waals surface area contributed by atoms with Crippen LogP contribution in [0.1, 0.15) is 23.7 Å². The molecule has 9 heteroatoms. The molecule has 8 nitrogen and oxygen atoms in total. The van der Waals surface area contributed by atoms with Gasteiger partial charge in [-0.25, -0.2) is 9.78 Å². The minimum absolute atomic E-state index is 0.109. The van der Waals surface area contributed by atoms with Gasteiger partial charge in [0, 0.05) is 17.6 Å². The number of rotatable bonds is 3. The van der Waals surface area contributed by atoms with E-state index in [4.69, 9.17) is 5.26 Å². The number of amides is 3. The number of benzene rings is 1. The highest BCUT2D eigenvalue weighted by molar-refractivity contribution is 7.15. The van der Waals surface area contributed by atoms with Gasteiger partial charge in [0.15, 0.2) is 4.96 Å². The van der Waals surface area contributed by atoms with Gasteiger partial charge >= 0.3 is 6.03 Å². The summed E-state index contributed by atoms with van der Waals surface area (Å²) >= 11 is 1.29. The van der Waals surface area contributed by atoms with Crippen molar-refractivity contribution >= 4 is 28.2 Å². The Hall–Kier alpha value is -3.51. The summed E-state index contributed by atoms with van der Waals surface area (Å²) in [6.07, 6.45) is 1.62. The van der Waals surface area contributed by atoms with Crippen LogP contribution in [0.4, 0.5) is 4.79 Å². The molecule has 3 amide bonds. The molecule has 27 heavy (non-hydrogen) atoms. The minimum Gasteiger partial charge on any atom is -0.319 e. The van der Waals surface area contributed by atoms with Gasteiger partial charge in [0.1, 0.15) is 5.54 Å². The predicted octanol–water partition coefficient (Wildman–Crippen LogP) is 1.59. The summed E-state index contributed by atoms with van der Waals surface area (Å²) in [5.74, 6) is -0.462. The number of nitrogens with zero attached hydrogens (tertiary/aromatic N) is 4. The van der Waals surface area contributed by atoms with Crippen LogP contribution in [0.3, 0.4) is 0 Å². The van der Waals surface area contributed by atoms with E-state index in [-0.39, 0.29) is 12.1 Å². The highest BCUT2D eigenvalue weighted by atomic mass is 32.1. The van der Waals surface area contributed by atoms with E-state index < -0.39 is 17.5 Å². The smallest absolute Gasteiger partial charge is 0.319 e. The highest BCUT2D eigenvalue weighted by Crippen LogP contribution is 2.30. The van der Waals surface area contributed by atoms with E-state index in [1.54, 1.807) is 42.8 Å². The second-order valence-electron chi connectivity index (χ2n) is 6.28. The third-order valence-electron chi connectivity index (χ3n) is 4.52. The van der Waals surface area contributed by atoms with Crippen molar-refractivity contribution in [2.75, 3.05) is 0 Å².